The number of piperidine rings is 2. The van der Waals surface area contributed by atoms with E-state index in [4.69, 9.17) is 9.72 Å². The molecule has 0 atom stereocenters. The van der Waals surface area contributed by atoms with Crippen molar-refractivity contribution >= 4 is 29.3 Å². The maximum atomic E-state index is 13.6. The van der Waals surface area contributed by atoms with E-state index in [-0.39, 0.29) is 29.2 Å². The molecule has 216 valence electrons. The Morgan fingerprint density at radius 2 is 1.77 bits per heavy atom. The number of aromatic nitrogens is 1. The molecular weight excluding hydrogens is 543 g/mol. The highest BCUT2D eigenvalue weighted by Crippen LogP contribution is 2.37. The second kappa shape index (κ2) is 12.7. The van der Waals surface area contributed by atoms with Gasteiger partial charge in [-0.2, -0.15) is 13.2 Å². The maximum Gasteiger partial charge on any atom is 0.416 e. The van der Waals surface area contributed by atoms with Crippen LogP contribution in [0.15, 0.2) is 42.5 Å². The Kier molecular flexibility index (Phi) is 9.59. The molecule has 1 aromatic heterocycles. The fourth-order valence-electron chi connectivity index (χ4n) is 5.97. The number of likely N-dealkylation sites (tertiary alicyclic amines) is 2. The molecule has 40 heavy (non-hydrogen) atoms. The molecule has 6 nitrogen and oxygen atoms in total. The zero-order valence-corrected chi connectivity index (χ0v) is 23.4. The van der Waals surface area contributed by atoms with Gasteiger partial charge in [0.05, 0.1) is 28.9 Å². The van der Waals surface area contributed by atoms with Crippen molar-refractivity contribution in [3.05, 3.63) is 59.2 Å². The zero-order valence-electron chi connectivity index (χ0n) is 22.5. The average molecular weight is 578 g/mol. The molecule has 2 aliphatic heterocycles. The molecular formula is C30H35ClF3N3O3. The van der Waals surface area contributed by atoms with Gasteiger partial charge in [0.2, 0.25) is 0 Å². The summed E-state index contributed by atoms with van der Waals surface area (Å²) < 4.78 is 46.4. The van der Waals surface area contributed by atoms with Crippen LogP contribution in [-0.4, -0.2) is 64.7 Å². The number of benzene rings is 2. The lowest BCUT2D eigenvalue weighted by Crippen LogP contribution is -2.46. The number of carbonyl (C=O) groups is 1. The van der Waals surface area contributed by atoms with Crippen LogP contribution in [0.4, 0.5) is 13.2 Å². The van der Waals surface area contributed by atoms with E-state index in [9.17, 15) is 23.1 Å². The van der Waals surface area contributed by atoms with Crippen LogP contribution in [0.3, 0.4) is 0 Å². The van der Waals surface area contributed by atoms with Crippen LogP contribution in [0.25, 0.3) is 22.2 Å². The third-order valence-corrected chi connectivity index (χ3v) is 7.89. The van der Waals surface area contributed by atoms with Crippen LogP contribution < -0.4 is 4.74 Å². The third kappa shape index (κ3) is 6.53. The Hall–Kier alpha value is -2.88. The van der Waals surface area contributed by atoms with E-state index < -0.39 is 17.7 Å². The fourth-order valence-corrected chi connectivity index (χ4v) is 5.97. The van der Waals surface area contributed by atoms with Gasteiger partial charge >= 0.3 is 12.1 Å². The summed E-state index contributed by atoms with van der Waals surface area (Å²) >= 11 is 0. The zero-order chi connectivity index (χ0) is 27.6. The lowest BCUT2D eigenvalue weighted by molar-refractivity contribution is -0.137. The van der Waals surface area contributed by atoms with Gasteiger partial charge in [-0.25, -0.2) is 9.78 Å². The molecule has 2 fully saturated rings. The first kappa shape index (κ1) is 30.1. The summed E-state index contributed by atoms with van der Waals surface area (Å²) in [5.41, 5.74) is 0.601. The fraction of sp³-hybridized carbons (Fsp3) is 0.467. The van der Waals surface area contributed by atoms with Crippen LogP contribution >= 0.6 is 12.4 Å². The number of hydrogen-bond donors (Lipinski definition) is 1. The summed E-state index contributed by atoms with van der Waals surface area (Å²) in [4.78, 5) is 22.2. The van der Waals surface area contributed by atoms with Crippen molar-refractivity contribution in [2.24, 2.45) is 0 Å². The predicted octanol–water partition coefficient (Wildman–Crippen LogP) is 6.89. The van der Waals surface area contributed by atoms with Crippen molar-refractivity contribution in [3.63, 3.8) is 0 Å². The Morgan fingerprint density at radius 1 is 1.05 bits per heavy atom. The number of carboxylic acids is 1. The number of alkyl halides is 3. The van der Waals surface area contributed by atoms with Crippen LogP contribution in [0.2, 0.25) is 0 Å². The van der Waals surface area contributed by atoms with Gasteiger partial charge in [-0.15, -0.1) is 12.4 Å². The molecule has 0 radical (unpaired) electrons. The Labute approximate surface area is 238 Å². The SMILES string of the molecule is CCOc1ccc2c(C(=O)O)c(CN3CCC(N4CCCCC4)CC3)c(-c3cccc(C(F)(F)F)c3)nc2c1.Cl. The quantitative estimate of drug-likeness (QED) is 0.330. The molecule has 0 saturated carbocycles. The molecule has 2 aromatic carbocycles. The van der Waals surface area contributed by atoms with Crippen LogP contribution in [-0.2, 0) is 12.7 Å². The van der Waals surface area contributed by atoms with Crippen molar-refractivity contribution in [1.29, 1.82) is 0 Å². The third-order valence-electron chi connectivity index (χ3n) is 7.89. The van der Waals surface area contributed by atoms with Crippen LogP contribution in [0, 0.1) is 0 Å². The number of pyridine rings is 1. The highest BCUT2D eigenvalue weighted by Gasteiger charge is 2.32. The Bertz CT molecular complexity index is 1340. The van der Waals surface area contributed by atoms with Gasteiger partial charge in [0, 0.05) is 35.2 Å². The van der Waals surface area contributed by atoms with Crippen molar-refractivity contribution in [2.45, 2.75) is 57.8 Å². The highest BCUT2D eigenvalue weighted by atomic mass is 35.5. The van der Waals surface area contributed by atoms with Crippen LogP contribution in [0.1, 0.15) is 60.5 Å². The van der Waals surface area contributed by atoms with Crippen molar-refractivity contribution in [1.82, 2.24) is 14.8 Å². The standard InChI is InChI=1S/C30H34F3N3O3.ClH/c1-2-39-23-9-10-24-26(18-23)34-28(20-7-6-8-21(17-20)30(31,32)33)25(27(24)29(37)38)19-35-15-11-22(12-16-35)36-13-4-3-5-14-36;/h6-10,17-18,22H,2-5,11-16,19H2,1H3,(H,37,38);1H. The number of nitrogens with zero attached hydrogens (tertiary/aromatic N) is 3. The number of ether oxygens (including phenoxy) is 1. The largest absolute Gasteiger partial charge is 0.494 e. The highest BCUT2D eigenvalue weighted by molar-refractivity contribution is 6.06. The topological polar surface area (TPSA) is 65.9 Å². The minimum absolute atomic E-state index is 0. The van der Waals surface area contributed by atoms with Gasteiger partial charge in [0.15, 0.2) is 0 Å². The summed E-state index contributed by atoms with van der Waals surface area (Å²) in [6.07, 6.45) is 1.19. The van der Waals surface area contributed by atoms with E-state index in [1.165, 1.54) is 25.3 Å². The molecule has 2 aliphatic rings. The van der Waals surface area contributed by atoms with Gasteiger partial charge in [0.25, 0.3) is 0 Å². The number of halogens is 4. The number of aromatic carboxylic acids is 1. The van der Waals surface area contributed by atoms with Crippen molar-refractivity contribution < 1.29 is 27.8 Å². The smallest absolute Gasteiger partial charge is 0.416 e. The minimum atomic E-state index is -4.53. The first-order chi connectivity index (χ1) is 18.7. The predicted molar refractivity (Wildman–Crippen MR) is 151 cm³/mol. The monoisotopic (exact) mass is 577 g/mol. The van der Waals surface area contributed by atoms with Crippen molar-refractivity contribution in [2.75, 3.05) is 32.8 Å². The van der Waals surface area contributed by atoms with E-state index in [0.717, 1.165) is 51.2 Å². The van der Waals surface area contributed by atoms with E-state index in [1.54, 1.807) is 24.3 Å². The molecule has 2 saturated heterocycles. The molecule has 0 bridgehead atoms. The lowest BCUT2D eigenvalue weighted by Gasteiger charge is -2.40. The molecule has 5 rings (SSSR count). The average Bonchev–Trinajstić information content (AvgIpc) is 2.93. The molecule has 3 aromatic rings. The van der Waals surface area contributed by atoms with Gasteiger partial charge in [-0.3, -0.25) is 4.90 Å². The summed E-state index contributed by atoms with van der Waals surface area (Å²) in [7, 11) is 0. The Morgan fingerprint density at radius 3 is 2.42 bits per heavy atom. The second-order valence-electron chi connectivity index (χ2n) is 10.4. The first-order valence-corrected chi connectivity index (χ1v) is 13.7. The summed E-state index contributed by atoms with van der Waals surface area (Å²) in [6, 6.07) is 10.5. The number of hydrogen-bond acceptors (Lipinski definition) is 5. The minimum Gasteiger partial charge on any atom is -0.494 e. The number of fused-ring (bicyclic) bond motifs is 1. The molecule has 3 heterocycles. The maximum absolute atomic E-state index is 13.6. The van der Waals surface area contributed by atoms with E-state index >= 15 is 0 Å². The molecule has 10 heteroatoms. The molecule has 0 unspecified atom stereocenters. The lowest BCUT2D eigenvalue weighted by atomic mass is 9.94. The molecule has 0 aliphatic carbocycles. The van der Waals surface area contributed by atoms with Crippen molar-refractivity contribution in [3.8, 4) is 17.0 Å². The molecule has 1 N–H and O–H groups in total. The van der Waals surface area contributed by atoms with Gasteiger partial charge in [0.1, 0.15) is 5.75 Å². The summed E-state index contributed by atoms with van der Waals surface area (Å²) in [5.74, 6) is -0.602. The normalized spacial score (nSPS) is 17.5. The van der Waals surface area contributed by atoms with E-state index in [2.05, 4.69) is 9.80 Å². The van der Waals surface area contributed by atoms with Gasteiger partial charge in [-0.05, 0) is 83.1 Å². The molecule has 0 spiro atoms. The van der Waals surface area contributed by atoms with E-state index in [1.807, 2.05) is 6.92 Å². The van der Waals surface area contributed by atoms with E-state index in [0.29, 0.717) is 41.4 Å². The van der Waals surface area contributed by atoms with Gasteiger partial charge in [-0.1, -0.05) is 18.6 Å². The van der Waals surface area contributed by atoms with Gasteiger partial charge < -0.3 is 14.7 Å². The van der Waals surface area contributed by atoms with Crippen LogP contribution in [0.5, 0.6) is 5.75 Å². The number of rotatable bonds is 7. The first-order valence-electron chi connectivity index (χ1n) is 13.7. The summed E-state index contributed by atoms with van der Waals surface area (Å²) in [6.45, 7) is 6.41. The second-order valence-corrected chi connectivity index (χ2v) is 10.4. The Balaban J connectivity index is 0.00000370. The summed E-state index contributed by atoms with van der Waals surface area (Å²) in [5, 5.41) is 10.8. The number of carboxylic acid groups (broad SMARTS) is 1. The molecule has 0 amide bonds.